The SMILES string of the molecule is CCCCC(Cl)(Cl)CC(Cl)CCCl. The maximum absolute atomic E-state index is 6.08. The van der Waals surface area contributed by atoms with Gasteiger partial charge in [0.25, 0.3) is 0 Å². The van der Waals surface area contributed by atoms with E-state index >= 15 is 0 Å². The Balaban J connectivity index is 3.71. The van der Waals surface area contributed by atoms with Crippen molar-refractivity contribution in [3.63, 3.8) is 0 Å². The van der Waals surface area contributed by atoms with Crippen LogP contribution >= 0.6 is 46.4 Å². The monoisotopic (exact) mass is 264 g/mol. The van der Waals surface area contributed by atoms with E-state index in [1.807, 2.05) is 0 Å². The van der Waals surface area contributed by atoms with Crippen molar-refractivity contribution in [1.29, 1.82) is 0 Å². The number of unbranched alkanes of at least 4 members (excludes halogenated alkanes) is 1. The molecule has 0 spiro atoms. The maximum atomic E-state index is 6.08. The Labute approximate surface area is 101 Å². The molecule has 0 aromatic heterocycles. The molecule has 0 rings (SSSR count). The van der Waals surface area contributed by atoms with Gasteiger partial charge in [0, 0.05) is 11.3 Å². The first-order chi connectivity index (χ1) is 6.02. The van der Waals surface area contributed by atoms with Gasteiger partial charge in [-0.2, -0.15) is 0 Å². The highest BCUT2D eigenvalue weighted by atomic mass is 35.5. The summed E-state index contributed by atoms with van der Waals surface area (Å²) < 4.78 is -0.672. The number of hydrogen-bond acceptors (Lipinski definition) is 0. The van der Waals surface area contributed by atoms with Crippen LogP contribution < -0.4 is 0 Å². The molecule has 0 saturated carbocycles. The summed E-state index contributed by atoms with van der Waals surface area (Å²) in [4.78, 5) is 0. The van der Waals surface area contributed by atoms with Gasteiger partial charge in [-0.3, -0.25) is 0 Å². The number of alkyl halides is 4. The molecule has 0 aliphatic heterocycles. The van der Waals surface area contributed by atoms with Gasteiger partial charge in [-0.25, -0.2) is 0 Å². The highest BCUT2D eigenvalue weighted by Gasteiger charge is 2.26. The second-order valence-corrected chi connectivity index (χ2v) is 5.87. The smallest absolute Gasteiger partial charge is 0.119 e. The van der Waals surface area contributed by atoms with E-state index in [0.29, 0.717) is 12.3 Å². The predicted octanol–water partition coefficient (Wildman–Crippen LogP) is 4.98. The minimum absolute atomic E-state index is 0.00986. The van der Waals surface area contributed by atoms with Crippen molar-refractivity contribution in [1.82, 2.24) is 0 Å². The summed E-state index contributed by atoms with van der Waals surface area (Å²) in [5.74, 6) is 0.561. The zero-order valence-corrected chi connectivity index (χ0v) is 10.9. The lowest BCUT2D eigenvalue weighted by Crippen LogP contribution is -2.19. The molecule has 0 aliphatic rings. The molecular weight excluding hydrogens is 250 g/mol. The van der Waals surface area contributed by atoms with Crippen molar-refractivity contribution in [2.24, 2.45) is 0 Å². The van der Waals surface area contributed by atoms with Gasteiger partial charge in [-0.15, -0.1) is 46.4 Å². The Hall–Kier alpha value is 1.16. The number of halogens is 4. The summed E-state index contributed by atoms with van der Waals surface area (Å²) in [6.07, 6.45) is 4.32. The van der Waals surface area contributed by atoms with Crippen LogP contribution in [0.5, 0.6) is 0 Å². The van der Waals surface area contributed by atoms with Gasteiger partial charge in [0.05, 0.1) is 0 Å². The average molecular weight is 266 g/mol. The minimum Gasteiger partial charge on any atom is -0.127 e. The summed E-state index contributed by atoms with van der Waals surface area (Å²) in [6.45, 7) is 2.11. The average Bonchev–Trinajstić information content (AvgIpc) is 2.00. The Morgan fingerprint density at radius 3 is 2.38 bits per heavy atom. The minimum atomic E-state index is -0.672. The summed E-state index contributed by atoms with van der Waals surface area (Å²) >= 11 is 23.7. The third-order valence-corrected chi connectivity index (χ3v) is 3.12. The van der Waals surface area contributed by atoms with Gasteiger partial charge in [-0.05, 0) is 19.3 Å². The maximum Gasteiger partial charge on any atom is 0.119 e. The van der Waals surface area contributed by atoms with Crippen LogP contribution in [-0.4, -0.2) is 15.6 Å². The fourth-order valence-electron chi connectivity index (χ4n) is 1.08. The topological polar surface area (TPSA) is 0 Å². The van der Waals surface area contributed by atoms with Crippen molar-refractivity contribution in [2.45, 2.75) is 48.7 Å². The van der Waals surface area contributed by atoms with E-state index in [0.717, 1.165) is 25.7 Å². The zero-order valence-electron chi connectivity index (χ0n) is 7.83. The van der Waals surface area contributed by atoms with Crippen LogP contribution in [0.15, 0.2) is 0 Å². The van der Waals surface area contributed by atoms with Gasteiger partial charge >= 0.3 is 0 Å². The molecule has 1 unspecified atom stereocenters. The van der Waals surface area contributed by atoms with Crippen molar-refractivity contribution in [3.05, 3.63) is 0 Å². The van der Waals surface area contributed by atoms with Crippen LogP contribution in [-0.2, 0) is 0 Å². The van der Waals surface area contributed by atoms with Gasteiger partial charge in [0.1, 0.15) is 4.33 Å². The van der Waals surface area contributed by atoms with Gasteiger partial charge in [0.2, 0.25) is 0 Å². The lowest BCUT2D eigenvalue weighted by atomic mass is 10.1. The summed E-state index contributed by atoms with van der Waals surface area (Å²) in [6, 6.07) is 0. The first-order valence-corrected chi connectivity index (χ1v) is 6.32. The molecule has 0 radical (unpaired) electrons. The van der Waals surface area contributed by atoms with E-state index in [4.69, 9.17) is 46.4 Å². The third-order valence-electron chi connectivity index (χ3n) is 1.84. The van der Waals surface area contributed by atoms with Gasteiger partial charge in [-0.1, -0.05) is 19.8 Å². The second kappa shape index (κ2) is 7.45. The van der Waals surface area contributed by atoms with Crippen molar-refractivity contribution >= 4 is 46.4 Å². The molecule has 0 heterocycles. The van der Waals surface area contributed by atoms with Crippen molar-refractivity contribution < 1.29 is 0 Å². The molecule has 80 valence electrons. The van der Waals surface area contributed by atoms with Crippen molar-refractivity contribution in [3.8, 4) is 0 Å². The second-order valence-electron chi connectivity index (χ2n) is 3.24. The van der Waals surface area contributed by atoms with Crippen LogP contribution in [0.2, 0.25) is 0 Å². The predicted molar refractivity (Wildman–Crippen MR) is 63.6 cm³/mol. The standard InChI is InChI=1S/C9H16Cl4/c1-2-3-5-9(12,13)7-8(11)4-6-10/h8H,2-7H2,1H3. The van der Waals surface area contributed by atoms with Gasteiger partial charge in [0.15, 0.2) is 0 Å². The quantitative estimate of drug-likeness (QED) is 0.570. The molecule has 0 N–H and O–H groups in total. The fraction of sp³-hybridized carbons (Fsp3) is 1.00. The summed E-state index contributed by atoms with van der Waals surface area (Å²) in [5, 5.41) is -0.00986. The van der Waals surface area contributed by atoms with Crippen LogP contribution in [0, 0.1) is 0 Å². The van der Waals surface area contributed by atoms with Crippen LogP contribution in [0.4, 0.5) is 0 Å². The fourth-order valence-corrected chi connectivity index (χ4v) is 2.63. The molecular formula is C9H16Cl4. The molecule has 1 atom stereocenters. The molecule has 0 bridgehead atoms. The van der Waals surface area contributed by atoms with E-state index in [1.165, 1.54) is 0 Å². The molecule has 0 saturated heterocycles. The third kappa shape index (κ3) is 8.17. The Bertz CT molecular complexity index is 125. The van der Waals surface area contributed by atoms with Crippen LogP contribution in [0.3, 0.4) is 0 Å². The first kappa shape index (κ1) is 14.2. The normalized spacial score (nSPS) is 14.5. The first-order valence-electron chi connectivity index (χ1n) is 4.59. The Morgan fingerprint density at radius 2 is 1.92 bits per heavy atom. The van der Waals surface area contributed by atoms with E-state index in [9.17, 15) is 0 Å². The molecule has 0 nitrogen and oxygen atoms in total. The lowest BCUT2D eigenvalue weighted by Gasteiger charge is -2.21. The molecule has 0 aliphatic carbocycles. The van der Waals surface area contributed by atoms with E-state index in [-0.39, 0.29) is 5.38 Å². The lowest BCUT2D eigenvalue weighted by molar-refractivity contribution is 0.575. The van der Waals surface area contributed by atoms with Gasteiger partial charge < -0.3 is 0 Å². The zero-order chi connectivity index (χ0) is 10.3. The molecule has 0 aromatic carbocycles. The molecule has 13 heavy (non-hydrogen) atoms. The number of rotatable bonds is 7. The summed E-state index contributed by atoms with van der Waals surface area (Å²) in [7, 11) is 0. The van der Waals surface area contributed by atoms with Crippen molar-refractivity contribution in [2.75, 3.05) is 5.88 Å². The van der Waals surface area contributed by atoms with E-state index in [1.54, 1.807) is 0 Å². The molecule has 4 heteroatoms. The van der Waals surface area contributed by atoms with Crippen LogP contribution in [0.1, 0.15) is 39.0 Å². The highest BCUT2D eigenvalue weighted by Crippen LogP contribution is 2.34. The van der Waals surface area contributed by atoms with Crippen LogP contribution in [0.25, 0.3) is 0 Å². The molecule has 0 aromatic rings. The summed E-state index contributed by atoms with van der Waals surface area (Å²) in [5.41, 5.74) is 0. The Morgan fingerprint density at radius 1 is 1.31 bits per heavy atom. The number of hydrogen-bond donors (Lipinski definition) is 0. The largest absolute Gasteiger partial charge is 0.127 e. The Kier molecular flexibility index (Phi) is 8.12. The highest BCUT2D eigenvalue weighted by molar-refractivity contribution is 6.48. The molecule has 0 fully saturated rings. The van der Waals surface area contributed by atoms with E-state index in [2.05, 4.69) is 6.92 Å². The molecule has 0 amide bonds. The van der Waals surface area contributed by atoms with E-state index < -0.39 is 4.33 Å².